The van der Waals surface area contributed by atoms with E-state index in [-0.39, 0.29) is 4.46 Å². The van der Waals surface area contributed by atoms with Crippen molar-refractivity contribution in [1.82, 2.24) is 0 Å². The Morgan fingerprint density at radius 3 is 1.89 bits per heavy atom. The number of rotatable bonds is 1. The third-order valence-corrected chi connectivity index (χ3v) is 9.48. The predicted molar refractivity (Wildman–Crippen MR) is 46.0 cm³/mol. The van der Waals surface area contributed by atoms with Crippen molar-refractivity contribution in [3.8, 4) is 0 Å². The van der Waals surface area contributed by atoms with Crippen LogP contribution < -0.4 is 0 Å². The van der Waals surface area contributed by atoms with Crippen LogP contribution in [0.1, 0.15) is 12.8 Å². The summed E-state index contributed by atoms with van der Waals surface area (Å²) in [5, 5.41) is 0. The zero-order valence-electron chi connectivity index (χ0n) is 5.66. The van der Waals surface area contributed by atoms with E-state index in [1.54, 1.807) is 0 Å². The second-order valence-electron chi connectivity index (χ2n) is 3.16. The van der Waals surface area contributed by atoms with Crippen LogP contribution in [-0.4, -0.2) is 12.5 Å². The van der Waals surface area contributed by atoms with E-state index < -0.39 is 8.07 Å². The number of alkyl halides is 2. The fourth-order valence-corrected chi connectivity index (χ4v) is 5.51. The molecular formula is C6H12Cl2Si. The van der Waals surface area contributed by atoms with Gasteiger partial charge in [-0.15, -0.1) is 23.2 Å². The molecule has 0 aromatic carbocycles. The van der Waals surface area contributed by atoms with Crippen molar-refractivity contribution in [2.45, 2.75) is 35.9 Å². The van der Waals surface area contributed by atoms with Gasteiger partial charge in [0.05, 0.1) is 12.5 Å². The monoisotopic (exact) mass is 182 g/mol. The highest BCUT2D eigenvalue weighted by Gasteiger charge is 2.36. The molecule has 0 aliphatic carbocycles. The maximum Gasteiger partial charge on any atom is 0.0974 e. The Balaban J connectivity index is 2.51. The summed E-state index contributed by atoms with van der Waals surface area (Å²) in [5.41, 5.74) is 0. The van der Waals surface area contributed by atoms with E-state index >= 15 is 0 Å². The summed E-state index contributed by atoms with van der Waals surface area (Å²) in [4.78, 5) is 0. The number of halogens is 2. The fraction of sp³-hybridized carbons (Fsp3) is 1.00. The van der Waals surface area contributed by atoms with Gasteiger partial charge in [0.2, 0.25) is 0 Å². The van der Waals surface area contributed by atoms with Crippen LogP contribution >= 0.6 is 23.2 Å². The number of hydrogen-bond acceptors (Lipinski definition) is 0. The molecular weight excluding hydrogens is 171 g/mol. The first-order chi connectivity index (χ1) is 4.15. The first-order valence-corrected chi connectivity index (χ1v) is 7.30. The Morgan fingerprint density at radius 1 is 1.22 bits per heavy atom. The molecule has 1 fully saturated rings. The van der Waals surface area contributed by atoms with Gasteiger partial charge >= 0.3 is 0 Å². The summed E-state index contributed by atoms with van der Waals surface area (Å²) in [6.45, 7) is 2.31. The van der Waals surface area contributed by atoms with Gasteiger partial charge in [0.1, 0.15) is 0 Å². The highest BCUT2D eigenvalue weighted by molar-refractivity contribution is 6.93. The van der Waals surface area contributed by atoms with Gasteiger partial charge in [-0.1, -0.05) is 31.5 Å². The van der Waals surface area contributed by atoms with Gasteiger partial charge < -0.3 is 0 Å². The van der Waals surface area contributed by atoms with Crippen LogP contribution in [0, 0.1) is 0 Å². The van der Waals surface area contributed by atoms with E-state index in [1.165, 1.54) is 24.9 Å². The normalized spacial score (nSPS) is 25.3. The summed E-state index contributed by atoms with van der Waals surface area (Å²) in [6, 6.07) is 2.68. The van der Waals surface area contributed by atoms with Crippen molar-refractivity contribution < 1.29 is 0 Å². The average molecular weight is 183 g/mol. The van der Waals surface area contributed by atoms with E-state index in [4.69, 9.17) is 23.2 Å². The van der Waals surface area contributed by atoms with Crippen molar-refractivity contribution in [1.29, 1.82) is 0 Å². The summed E-state index contributed by atoms with van der Waals surface area (Å²) in [5.74, 6) is 0. The minimum absolute atomic E-state index is 0.0278. The second-order valence-corrected chi connectivity index (χ2v) is 9.88. The molecule has 0 N–H and O–H groups in total. The van der Waals surface area contributed by atoms with Gasteiger partial charge in [-0.2, -0.15) is 0 Å². The molecule has 9 heavy (non-hydrogen) atoms. The molecule has 0 aromatic rings. The quantitative estimate of drug-likeness (QED) is 0.432. The van der Waals surface area contributed by atoms with Crippen molar-refractivity contribution in [2.24, 2.45) is 0 Å². The molecule has 1 rings (SSSR count). The third-order valence-electron chi connectivity index (χ3n) is 2.27. The van der Waals surface area contributed by atoms with Crippen LogP contribution in [0.5, 0.6) is 0 Å². The van der Waals surface area contributed by atoms with E-state index in [2.05, 4.69) is 6.55 Å². The van der Waals surface area contributed by atoms with E-state index in [0.29, 0.717) is 0 Å². The molecule has 0 unspecified atom stereocenters. The maximum atomic E-state index is 5.85. The lowest BCUT2D eigenvalue weighted by Crippen LogP contribution is -2.34. The Morgan fingerprint density at radius 2 is 1.67 bits per heavy atom. The van der Waals surface area contributed by atoms with Crippen LogP contribution in [0.25, 0.3) is 0 Å². The fourth-order valence-electron chi connectivity index (χ4n) is 1.40. The highest BCUT2D eigenvalue weighted by atomic mass is 35.5. The molecule has 1 aliphatic rings. The topological polar surface area (TPSA) is 0 Å². The molecule has 0 saturated carbocycles. The van der Waals surface area contributed by atoms with Crippen LogP contribution in [0.2, 0.25) is 18.6 Å². The molecule has 54 valence electrons. The van der Waals surface area contributed by atoms with Crippen LogP contribution in [0.15, 0.2) is 0 Å². The Bertz CT molecular complexity index is 97.2. The molecule has 0 amide bonds. The van der Waals surface area contributed by atoms with Crippen molar-refractivity contribution in [3.05, 3.63) is 0 Å². The minimum atomic E-state index is -1.13. The predicted octanol–water partition coefficient (Wildman–Crippen LogP) is 3.20. The van der Waals surface area contributed by atoms with Crippen molar-refractivity contribution in [2.75, 3.05) is 0 Å². The van der Waals surface area contributed by atoms with E-state index in [1.807, 2.05) is 0 Å². The molecule has 0 bridgehead atoms. The van der Waals surface area contributed by atoms with Gasteiger partial charge in [-0.3, -0.25) is 0 Å². The maximum absolute atomic E-state index is 5.85. The summed E-state index contributed by atoms with van der Waals surface area (Å²) >= 11 is 11.7. The van der Waals surface area contributed by atoms with E-state index in [0.717, 1.165) is 0 Å². The molecule has 1 saturated heterocycles. The highest BCUT2D eigenvalue weighted by Crippen LogP contribution is 2.36. The molecule has 0 aromatic heterocycles. The Kier molecular flexibility index (Phi) is 2.47. The van der Waals surface area contributed by atoms with Gasteiger partial charge in [0.15, 0.2) is 0 Å². The van der Waals surface area contributed by atoms with Crippen LogP contribution in [0.3, 0.4) is 0 Å². The SMILES string of the molecule is C[Si]1(C(Cl)Cl)CCCC1. The zero-order chi connectivity index (χ0) is 6.91. The smallest absolute Gasteiger partial charge is 0.0974 e. The first kappa shape index (κ1) is 7.90. The largest absolute Gasteiger partial charge is 0.109 e. The van der Waals surface area contributed by atoms with Gasteiger partial charge in [-0.25, -0.2) is 0 Å². The lowest BCUT2D eigenvalue weighted by atomic mass is 10.4. The molecule has 0 atom stereocenters. The lowest BCUT2D eigenvalue weighted by molar-refractivity contribution is 0.935. The number of hydrogen-bond donors (Lipinski definition) is 0. The minimum Gasteiger partial charge on any atom is -0.109 e. The van der Waals surface area contributed by atoms with Gasteiger partial charge in [0.25, 0.3) is 0 Å². The average Bonchev–Trinajstić information content (AvgIpc) is 2.16. The first-order valence-electron chi connectivity index (χ1n) is 3.43. The summed E-state index contributed by atoms with van der Waals surface area (Å²) < 4.78 is -0.0278. The molecule has 0 spiro atoms. The molecule has 1 aliphatic heterocycles. The molecule has 0 radical (unpaired) electrons. The third kappa shape index (κ3) is 1.63. The van der Waals surface area contributed by atoms with Gasteiger partial charge in [0, 0.05) is 0 Å². The standard InChI is InChI=1S/C6H12Cl2Si/c1-9(6(7)8)4-2-3-5-9/h6H,2-5H2,1H3. The van der Waals surface area contributed by atoms with Gasteiger partial charge in [-0.05, 0) is 0 Å². The lowest BCUT2D eigenvalue weighted by Gasteiger charge is -2.21. The van der Waals surface area contributed by atoms with Crippen LogP contribution in [0.4, 0.5) is 0 Å². The van der Waals surface area contributed by atoms with Crippen molar-refractivity contribution >= 4 is 31.3 Å². The molecule has 1 heterocycles. The van der Waals surface area contributed by atoms with Crippen molar-refractivity contribution in [3.63, 3.8) is 0 Å². The zero-order valence-corrected chi connectivity index (χ0v) is 8.17. The molecule has 3 heteroatoms. The van der Waals surface area contributed by atoms with Crippen LogP contribution in [-0.2, 0) is 0 Å². The Labute approximate surface area is 67.5 Å². The Hall–Kier alpha value is 0.797. The summed E-state index contributed by atoms with van der Waals surface area (Å²) in [7, 11) is -1.13. The molecule has 0 nitrogen and oxygen atoms in total. The summed E-state index contributed by atoms with van der Waals surface area (Å²) in [6.07, 6.45) is 2.72. The second kappa shape index (κ2) is 2.81. The van der Waals surface area contributed by atoms with E-state index in [9.17, 15) is 0 Å².